The Morgan fingerprint density at radius 1 is 1.00 bits per heavy atom. The second kappa shape index (κ2) is 16.2. The maximum Gasteiger partial charge on any atom is 0.407 e. The Labute approximate surface area is 132 Å². The van der Waals surface area contributed by atoms with Crippen LogP contribution < -0.4 is 5.32 Å². The summed E-state index contributed by atoms with van der Waals surface area (Å²) in [5, 5.41) is 9.58. The van der Waals surface area contributed by atoms with Crippen LogP contribution in [0.3, 0.4) is 0 Å². The first-order chi connectivity index (χ1) is 10.5. The van der Waals surface area contributed by atoms with E-state index < -0.39 is 11.7 Å². The fraction of sp³-hybridized carbons (Fsp3) is 0.857. The minimum absolute atomic E-state index is 0.0934. The van der Waals surface area contributed by atoms with Gasteiger partial charge in [0, 0.05) is 13.7 Å². The number of hydrogen-bond acceptors (Lipinski definition) is 7. The number of carbonyl (C=O) groups excluding carboxylic acids is 2. The van der Waals surface area contributed by atoms with E-state index in [1.807, 2.05) is 0 Å². The van der Waals surface area contributed by atoms with Crippen LogP contribution in [0.25, 0.3) is 0 Å². The summed E-state index contributed by atoms with van der Waals surface area (Å²) >= 11 is 0. The monoisotopic (exact) mass is 323 g/mol. The molecule has 8 nitrogen and oxygen atoms in total. The van der Waals surface area contributed by atoms with E-state index in [1.165, 1.54) is 0 Å². The summed E-state index contributed by atoms with van der Waals surface area (Å²) in [6, 6.07) is 0. The van der Waals surface area contributed by atoms with Gasteiger partial charge in [-0.3, -0.25) is 0 Å². The van der Waals surface area contributed by atoms with E-state index >= 15 is 0 Å². The molecule has 132 valence electrons. The highest BCUT2D eigenvalue weighted by Gasteiger charge is 2.15. The molecule has 0 aromatic carbocycles. The molecule has 1 amide bonds. The van der Waals surface area contributed by atoms with Gasteiger partial charge in [0.2, 0.25) is 0 Å². The van der Waals surface area contributed by atoms with E-state index in [0.29, 0.717) is 45.9 Å². The number of ether oxygens (including phenoxy) is 4. The lowest BCUT2D eigenvalue weighted by atomic mass is 10.2. The number of aliphatic hydroxyl groups is 1. The molecule has 0 saturated heterocycles. The first kappa shape index (κ1) is 23.1. The maximum absolute atomic E-state index is 11.3. The zero-order chi connectivity index (χ0) is 17.3. The molecule has 0 aromatic heterocycles. The summed E-state index contributed by atoms with van der Waals surface area (Å²) in [6.07, 6.45) is 0.241. The molecule has 0 bridgehead atoms. The van der Waals surface area contributed by atoms with Crippen molar-refractivity contribution < 1.29 is 33.6 Å². The van der Waals surface area contributed by atoms with Gasteiger partial charge in [-0.05, 0) is 20.8 Å². The molecule has 8 heteroatoms. The Morgan fingerprint density at radius 3 is 2.00 bits per heavy atom. The molecule has 0 rings (SSSR count). The lowest BCUT2D eigenvalue weighted by Crippen LogP contribution is -2.34. The van der Waals surface area contributed by atoms with Crippen LogP contribution in [0.2, 0.25) is 0 Å². The molecule has 2 N–H and O–H groups in total. The van der Waals surface area contributed by atoms with Crippen LogP contribution in [0.5, 0.6) is 0 Å². The molecule has 0 radical (unpaired) electrons. The second-order valence-corrected chi connectivity index (χ2v) is 4.89. The van der Waals surface area contributed by atoms with Crippen molar-refractivity contribution >= 4 is 12.4 Å². The van der Waals surface area contributed by atoms with Crippen LogP contribution >= 0.6 is 0 Å². The van der Waals surface area contributed by atoms with E-state index in [2.05, 4.69) is 5.32 Å². The third kappa shape index (κ3) is 21.1. The molecule has 0 aliphatic rings. The van der Waals surface area contributed by atoms with Crippen molar-refractivity contribution in [1.82, 2.24) is 5.32 Å². The van der Waals surface area contributed by atoms with Crippen LogP contribution in [0.4, 0.5) is 4.79 Å². The first-order valence-corrected chi connectivity index (χ1v) is 7.04. The van der Waals surface area contributed by atoms with E-state index in [0.717, 1.165) is 7.11 Å². The number of alkyl carbamates (subject to hydrolysis) is 1. The van der Waals surface area contributed by atoms with Crippen LogP contribution in [0, 0.1) is 0 Å². The van der Waals surface area contributed by atoms with Crippen molar-refractivity contribution in [3.05, 3.63) is 0 Å². The van der Waals surface area contributed by atoms with E-state index in [1.54, 1.807) is 20.8 Å². The smallest absolute Gasteiger partial charge is 0.407 e. The van der Waals surface area contributed by atoms with Gasteiger partial charge in [0.1, 0.15) is 18.5 Å². The Morgan fingerprint density at radius 2 is 1.50 bits per heavy atom. The third-order valence-corrected chi connectivity index (χ3v) is 1.84. The molecule has 0 saturated carbocycles. The summed E-state index contributed by atoms with van der Waals surface area (Å²) in [6.45, 7) is 7.97. The van der Waals surface area contributed by atoms with Gasteiger partial charge in [0.05, 0.1) is 33.0 Å². The van der Waals surface area contributed by atoms with E-state index in [4.69, 9.17) is 24.1 Å². The minimum atomic E-state index is -0.495. The lowest BCUT2D eigenvalue weighted by molar-refractivity contribution is -0.112. The highest BCUT2D eigenvalue weighted by molar-refractivity contribution is 5.67. The summed E-state index contributed by atoms with van der Waals surface area (Å²) in [5.41, 5.74) is -0.495. The van der Waals surface area contributed by atoms with Crippen molar-refractivity contribution in [1.29, 1.82) is 0 Å². The summed E-state index contributed by atoms with van der Waals surface area (Å²) in [7, 11) is 1.00. The molecule has 0 fully saturated rings. The zero-order valence-electron chi connectivity index (χ0n) is 13.9. The molecule has 0 aliphatic carbocycles. The van der Waals surface area contributed by atoms with Gasteiger partial charge in [0.25, 0.3) is 0 Å². The van der Waals surface area contributed by atoms with E-state index in [-0.39, 0.29) is 6.61 Å². The van der Waals surface area contributed by atoms with Crippen molar-refractivity contribution in [2.75, 3.05) is 53.3 Å². The Kier molecular flexibility index (Phi) is 16.9. The Bertz CT molecular complexity index is 266. The standard InChI is InChI=1S/C13H25NO6.CH4O/c1-13(2,3)20-12(16)14-4-6-17-8-10-19-11-9-18-7-5-15;1-2/h5H,4,6-11H2,1-3H3,(H,14,16);2H,1H3. The summed E-state index contributed by atoms with van der Waals surface area (Å²) < 4.78 is 20.4. The number of amides is 1. The van der Waals surface area contributed by atoms with E-state index in [9.17, 15) is 9.59 Å². The summed E-state index contributed by atoms with van der Waals surface area (Å²) in [5.74, 6) is 0. The van der Waals surface area contributed by atoms with Crippen molar-refractivity contribution in [2.45, 2.75) is 26.4 Å². The number of rotatable bonds is 11. The number of hydrogen-bond donors (Lipinski definition) is 2. The molecular formula is C14H29NO7. The van der Waals surface area contributed by atoms with Crippen molar-refractivity contribution in [2.24, 2.45) is 0 Å². The third-order valence-electron chi connectivity index (χ3n) is 1.84. The largest absolute Gasteiger partial charge is 0.444 e. The number of carbonyl (C=O) groups is 2. The number of nitrogens with one attached hydrogen (secondary N) is 1. The highest BCUT2D eigenvalue weighted by atomic mass is 16.6. The zero-order valence-corrected chi connectivity index (χ0v) is 13.9. The average molecular weight is 323 g/mol. The highest BCUT2D eigenvalue weighted by Crippen LogP contribution is 2.05. The second-order valence-electron chi connectivity index (χ2n) is 4.89. The van der Waals surface area contributed by atoms with Crippen LogP contribution in [-0.4, -0.2) is 76.4 Å². The average Bonchev–Trinajstić information content (AvgIpc) is 2.45. The van der Waals surface area contributed by atoms with Gasteiger partial charge < -0.3 is 34.2 Å². The molecule has 0 heterocycles. The fourth-order valence-electron chi connectivity index (χ4n) is 1.11. The van der Waals surface area contributed by atoms with Gasteiger partial charge >= 0.3 is 6.09 Å². The molecule has 0 atom stereocenters. The molecular weight excluding hydrogens is 294 g/mol. The van der Waals surface area contributed by atoms with Crippen molar-refractivity contribution in [3.63, 3.8) is 0 Å². The lowest BCUT2D eigenvalue weighted by Gasteiger charge is -2.19. The Balaban J connectivity index is 0. The summed E-state index contributed by atoms with van der Waals surface area (Å²) in [4.78, 5) is 21.2. The molecule has 22 heavy (non-hydrogen) atoms. The first-order valence-electron chi connectivity index (χ1n) is 7.04. The molecule has 0 spiro atoms. The topological polar surface area (TPSA) is 103 Å². The number of aldehydes is 1. The molecule has 0 aliphatic heterocycles. The SMILES string of the molecule is CC(C)(C)OC(=O)NCCOCCOCCOCC=O.CO. The Hall–Kier alpha value is -1.22. The van der Waals surface area contributed by atoms with Gasteiger partial charge in [-0.1, -0.05) is 0 Å². The minimum Gasteiger partial charge on any atom is -0.444 e. The quantitative estimate of drug-likeness (QED) is 0.418. The van der Waals surface area contributed by atoms with Crippen LogP contribution in [-0.2, 0) is 23.7 Å². The number of aliphatic hydroxyl groups excluding tert-OH is 1. The predicted molar refractivity (Wildman–Crippen MR) is 80.9 cm³/mol. The molecule has 0 aromatic rings. The molecule has 0 unspecified atom stereocenters. The van der Waals surface area contributed by atoms with Gasteiger partial charge in [-0.25, -0.2) is 4.79 Å². The predicted octanol–water partition coefficient (Wildman–Crippen LogP) is 0.368. The van der Waals surface area contributed by atoms with Crippen LogP contribution in [0.15, 0.2) is 0 Å². The normalized spacial score (nSPS) is 10.4. The van der Waals surface area contributed by atoms with Gasteiger partial charge in [0.15, 0.2) is 0 Å². The van der Waals surface area contributed by atoms with Gasteiger partial charge in [-0.2, -0.15) is 0 Å². The van der Waals surface area contributed by atoms with Gasteiger partial charge in [-0.15, -0.1) is 0 Å². The van der Waals surface area contributed by atoms with Crippen molar-refractivity contribution in [3.8, 4) is 0 Å². The van der Waals surface area contributed by atoms with Crippen LogP contribution in [0.1, 0.15) is 20.8 Å². The fourth-order valence-corrected chi connectivity index (χ4v) is 1.11. The maximum atomic E-state index is 11.3.